The van der Waals surface area contributed by atoms with Crippen molar-refractivity contribution in [2.45, 2.75) is 18.4 Å². The Morgan fingerprint density at radius 2 is 2.27 bits per heavy atom. The number of nitro benzene ring substituents is 1. The lowest BCUT2D eigenvalue weighted by molar-refractivity contribution is -0.384. The molecule has 0 heterocycles. The van der Waals surface area contributed by atoms with Gasteiger partial charge in [0, 0.05) is 29.7 Å². The van der Waals surface area contributed by atoms with Crippen LogP contribution >= 0.6 is 0 Å². The summed E-state index contributed by atoms with van der Waals surface area (Å²) in [6.45, 7) is 0. The SMILES string of the molecule is COc1ccc([N+](=O)[O-])cc1C1CC1N. The molecule has 80 valence electrons. The average molecular weight is 208 g/mol. The highest BCUT2D eigenvalue weighted by molar-refractivity contribution is 5.48. The van der Waals surface area contributed by atoms with Crippen LogP contribution in [0.2, 0.25) is 0 Å². The molecule has 0 spiro atoms. The topological polar surface area (TPSA) is 78.4 Å². The standard InChI is InChI=1S/C10H12N2O3/c1-15-10-3-2-6(12(13)14)4-8(10)7-5-9(7)11/h2-4,7,9H,5,11H2,1H3. The van der Waals surface area contributed by atoms with Crippen LogP contribution in [0.5, 0.6) is 5.75 Å². The van der Waals surface area contributed by atoms with E-state index >= 15 is 0 Å². The van der Waals surface area contributed by atoms with Crippen LogP contribution in [0.4, 0.5) is 5.69 Å². The summed E-state index contributed by atoms with van der Waals surface area (Å²) in [4.78, 5) is 10.2. The van der Waals surface area contributed by atoms with Gasteiger partial charge in [0.05, 0.1) is 12.0 Å². The first-order valence-electron chi connectivity index (χ1n) is 4.71. The molecule has 1 aliphatic rings. The third kappa shape index (κ3) is 1.78. The molecule has 0 radical (unpaired) electrons. The summed E-state index contributed by atoms with van der Waals surface area (Å²) in [7, 11) is 1.55. The molecule has 15 heavy (non-hydrogen) atoms. The van der Waals surface area contributed by atoms with Gasteiger partial charge >= 0.3 is 0 Å². The summed E-state index contributed by atoms with van der Waals surface area (Å²) in [5, 5.41) is 10.6. The summed E-state index contributed by atoms with van der Waals surface area (Å²) in [5.41, 5.74) is 6.66. The largest absolute Gasteiger partial charge is 0.496 e. The molecular weight excluding hydrogens is 196 g/mol. The smallest absolute Gasteiger partial charge is 0.269 e. The van der Waals surface area contributed by atoms with E-state index in [0.29, 0.717) is 5.75 Å². The van der Waals surface area contributed by atoms with Crippen LogP contribution in [0.3, 0.4) is 0 Å². The van der Waals surface area contributed by atoms with Crippen LogP contribution < -0.4 is 10.5 Å². The summed E-state index contributed by atoms with van der Waals surface area (Å²) >= 11 is 0. The second-order valence-corrected chi connectivity index (χ2v) is 3.69. The quantitative estimate of drug-likeness (QED) is 0.601. The minimum atomic E-state index is -0.406. The van der Waals surface area contributed by atoms with Gasteiger partial charge in [-0.1, -0.05) is 0 Å². The monoisotopic (exact) mass is 208 g/mol. The molecule has 5 heteroatoms. The Labute approximate surface area is 87.0 Å². The molecule has 2 atom stereocenters. The molecule has 1 aromatic carbocycles. The minimum absolute atomic E-state index is 0.0879. The van der Waals surface area contributed by atoms with Gasteiger partial charge in [-0.3, -0.25) is 10.1 Å². The van der Waals surface area contributed by atoms with Gasteiger partial charge in [-0.15, -0.1) is 0 Å². The molecule has 1 aromatic rings. The number of nitro groups is 1. The van der Waals surface area contributed by atoms with E-state index in [0.717, 1.165) is 12.0 Å². The molecule has 1 aliphatic carbocycles. The fraction of sp³-hybridized carbons (Fsp3) is 0.400. The molecular formula is C10H12N2O3. The van der Waals surface area contributed by atoms with E-state index in [9.17, 15) is 10.1 Å². The van der Waals surface area contributed by atoms with Gasteiger partial charge in [0.2, 0.25) is 0 Å². The lowest BCUT2D eigenvalue weighted by Gasteiger charge is -2.06. The molecule has 1 fully saturated rings. The Kier molecular flexibility index (Phi) is 2.32. The maximum Gasteiger partial charge on any atom is 0.269 e. The van der Waals surface area contributed by atoms with E-state index in [-0.39, 0.29) is 17.6 Å². The zero-order valence-electron chi connectivity index (χ0n) is 8.34. The van der Waals surface area contributed by atoms with Crippen LogP contribution in [0.15, 0.2) is 18.2 Å². The number of nitrogens with zero attached hydrogens (tertiary/aromatic N) is 1. The van der Waals surface area contributed by atoms with Crippen LogP contribution in [0.25, 0.3) is 0 Å². The predicted octanol–water partition coefficient (Wildman–Crippen LogP) is 1.42. The number of nitrogens with two attached hydrogens (primary N) is 1. The van der Waals surface area contributed by atoms with E-state index in [2.05, 4.69) is 0 Å². The summed E-state index contributed by atoms with van der Waals surface area (Å²) in [6, 6.07) is 4.73. The third-order valence-corrected chi connectivity index (χ3v) is 2.66. The number of benzene rings is 1. The number of hydrogen-bond acceptors (Lipinski definition) is 4. The molecule has 0 amide bonds. The first-order chi connectivity index (χ1) is 7.13. The number of non-ortho nitro benzene ring substituents is 1. The van der Waals surface area contributed by atoms with Crippen LogP contribution in [0, 0.1) is 10.1 Å². The third-order valence-electron chi connectivity index (χ3n) is 2.66. The van der Waals surface area contributed by atoms with Crippen molar-refractivity contribution in [2.75, 3.05) is 7.11 Å². The summed E-state index contributed by atoms with van der Waals surface area (Å²) in [5.74, 6) is 0.887. The van der Waals surface area contributed by atoms with E-state index in [1.54, 1.807) is 19.2 Å². The average Bonchev–Trinajstić information content (AvgIpc) is 2.94. The molecule has 0 aliphatic heterocycles. The van der Waals surface area contributed by atoms with Gasteiger partial charge in [0.15, 0.2) is 0 Å². The highest BCUT2D eigenvalue weighted by Crippen LogP contribution is 2.44. The van der Waals surface area contributed by atoms with Crippen molar-refractivity contribution in [3.8, 4) is 5.75 Å². The van der Waals surface area contributed by atoms with Crippen LogP contribution in [-0.2, 0) is 0 Å². The fourth-order valence-electron chi connectivity index (χ4n) is 1.70. The van der Waals surface area contributed by atoms with Crippen molar-refractivity contribution < 1.29 is 9.66 Å². The molecule has 0 aromatic heterocycles. The zero-order chi connectivity index (χ0) is 11.0. The van der Waals surface area contributed by atoms with Gasteiger partial charge in [-0.05, 0) is 12.5 Å². The van der Waals surface area contributed by atoms with Crippen molar-refractivity contribution in [3.63, 3.8) is 0 Å². The summed E-state index contributed by atoms with van der Waals surface area (Å²) in [6.07, 6.45) is 0.873. The number of methoxy groups -OCH3 is 1. The van der Waals surface area contributed by atoms with Crippen molar-refractivity contribution in [1.82, 2.24) is 0 Å². The van der Waals surface area contributed by atoms with Crippen molar-refractivity contribution >= 4 is 5.69 Å². The maximum absolute atomic E-state index is 10.6. The predicted molar refractivity (Wildman–Crippen MR) is 55.0 cm³/mol. The minimum Gasteiger partial charge on any atom is -0.496 e. The number of rotatable bonds is 3. The molecule has 5 nitrogen and oxygen atoms in total. The van der Waals surface area contributed by atoms with E-state index < -0.39 is 4.92 Å². The lowest BCUT2D eigenvalue weighted by atomic mass is 10.1. The van der Waals surface area contributed by atoms with Crippen LogP contribution in [-0.4, -0.2) is 18.1 Å². The van der Waals surface area contributed by atoms with Crippen molar-refractivity contribution in [1.29, 1.82) is 0 Å². The van der Waals surface area contributed by atoms with Crippen LogP contribution in [0.1, 0.15) is 17.9 Å². The van der Waals surface area contributed by atoms with Gasteiger partial charge in [-0.25, -0.2) is 0 Å². The van der Waals surface area contributed by atoms with Gasteiger partial charge in [0.1, 0.15) is 5.75 Å². The Morgan fingerprint density at radius 3 is 2.73 bits per heavy atom. The molecule has 2 N–H and O–H groups in total. The normalized spacial score (nSPS) is 23.6. The van der Waals surface area contributed by atoms with E-state index in [1.807, 2.05) is 0 Å². The maximum atomic E-state index is 10.6. The Morgan fingerprint density at radius 1 is 1.60 bits per heavy atom. The molecule has 0 bridgehead atoms. The van der Waals surface area contributed by atoms with E-state index in [4.69, 9.17) is 10.5 Å². The van der Waals surface area contributed by atoms with Crippen molar-refractivity contribution in [2.24, 2.45) is 5.73 Å². The highest BCUT2D eigenvalue weighted by atomic mass is 16.6. The zero-order valence-corrected chi connectivity index (χ0v) is 8.34. The second kappa shape index (κ2) is 3.51. The molecule has 2 unspecified atom stereocenters. The summed E-state index contributed by atoms with van der Waals surface area (Å²) < 4.78 is 5.15. The van der Waals surface area contributed by atoms with Gasteiger partial charge in [0.25, 0.3) is 5.69 Å². The van der Waals surface area contributed by atoms with E-state index in [1.165, 1.54) is 6.07 Å². The molecule has 1 saturated carbocycles. The molecule has 0 saturated heterocycles. The highest BCUT2D eigenvalue weighted by Gasteiger charge is 2.37. The second-order valence-electron chi connectivity index (χ2n) is 3.69. The number of ether oxygens (including phenoxy) is 1. The van der Waals surface area contributed by atoms with Gasteiger partial charge in [-0.2, -0.15) is 0 Å². The van der Waals surface area contributed by atoms with Crippen molar-refractivity contribution in [3.05, 3.63) is 33.9 Å². The Hall–Kier alpha value is -1.62. The lowest BCUT2D eigenvalue weighted by Crippen LogP contribution is -2.02. The van der Waals surface area contributed by atoms with Gasteiger partial charge < -0.3 is 10.5 Å². The first-order valence-corrected chi connectivity index (χ1v) is 4.71. The molecule has 2 rings (SSSR count). The Balaban J connectivity index is 2.39. The first kappa shape index (κ1) is 9.92. The fourth-order valence-corrected chi connectivity index (χ4v) is 1.70. The number of hydrogen-bond donors (Lipinski definition) is 1. The Bertz CT molecular complexity index is 406.